The Hall–Kier alpha value is -2.40. The fourth-order valence-corrected chi connectivity index (χ4v) is 3.79. The Balaban J connectivity index is 1.96. The second-order valence-electron chi connectivity index (χ2n) is 7.95. The first-order chi connectivity index (χ1) is 13.9. The number of hydrogen-bond acceptors (Lipinski definition) is 5. The van der Waals surface area contributed by atoms with E-state index in [4.69, 9.17) is 27.7 Å². The van der Waals surface area contributed by atoms with Gasteiger partial charge >= 0.3 is 0 Å². The molecule has 0 heterocycles. The van der Waals surface area contributed by atoms with E-state index in [9.17, 15) is 0 Å². The maximum Gasteiger partial charge on any atom is 0.0582 e. The van der Waals surface area contributed by atoms with Crippen LogP contribution in [0.5, 0.6) is 0 Å². The maximum absolute atomic E-state index is 6.57. The second kappa shape index (κ2) is 11.6. The summed E-state index contributed by atoms with van der Waals surface area (Å²) in [5, 5.41) is 0. The number of ether oxygens (including phenoxy) is 1. The van der Waals surface area contributed by atoms with E-state index in [-0.39, 0.29) is 12.2 Å². The van der Waals surface area contributed by atoms with Crippen molar-refractivity contribution in [3.8, 4) is 0 Å². The van der Waals surface area contributed by atoms with Gasteiger partial charge in [-0.05, 0) is 73.9 Å². The molecule has 0 saturated carbocycles. The zero-order chi connectivity index (χ0) is 21.2. The van der Waals surface area contributed by atoms with Crippen molar-refractivity contribution in [3.63, 3.8) is 0 Å². The Labute approximate surface area is 175 Å². The molecule has 29 heavy (non-hydrogen) atoms. The SMILES string of the molecule is CCCC(CCc1ccc(N)cc1N)OC(CCC)CCc1ccc(N)cc1N. The van der Waals surface area contributed by atoms with Crippen molar-refractivity contribution in [2.24, 2.45) is 0 Å². The Kier molecular flexibility index (Phi) is 9.13. The zero-order valence-corrected chi connectivity index (χ0v) is 18.0. The summed E-state index contributed by atoms with van der Waals surface area (Å²) < 4.78 is 6.57. The summed E-state index contributed by atoms with van der Waals surface area (Å²) in [6.07, 6.45) is 8.52. The Morgan fingerprint density at radius 1 is 0.655 bits per heavy atom. The average Bonchev–Trinajstić information content (AvgIpc) is 2.66. The lowest BCUT2D eigenvalue weighted by Crippen LogP contribution is -2.24. The summed E-state index contributed by atoms with van der Waals surface area (Å²) in [4.78, 5) is 0. The first-order valence-electron chi connectivity index (χ1n) is 10.9. The Morgan fingerprint density at radius 3 is 1.41 bits per heavy atom. The van der Waals surface area contributed by atoms with E-state index < -0.39 is 0 Å². The van der Waals surface area contributed by atoms with Crippen molar-refractivity contribution in [1.29, 1.82) is 0 Å². The molecule has 2 aromatic carbocycles. The fraction of sp³-hybridized carbons (Fsp3) is 0.500. The third-order valence-electron chi connectivity index (χ3n) is 5.42. The molecule has 160 valence electrons. The minimum Gasteiger partial charge on any atom is -0.399 e. The van der Waals surface area contributed by atoms with Gasteiger partial charge in [0, 0.05) is 22.7 Å². The molecule has 0 aliphatic rings. The van der Waals surface area contributed by atoms with E-state index in [1.807, 2.05) is 36.4 Å². The van der Waals surface area contributed by atoms with Gasteiger partial charge in [0.15, 0.2) is 0 Å². The van der Waals surface area contributed by atoms with Crippen LogP contribution >= 0.6 is 0 Å². The molecule has 0 aliphatic heterocycles. The third kappa shape index (κ3) is 7.50. The van der Waals surface area contributed by atoms with Crippen molar-refractivity contribution < 1.29 is 4.74 Å². The van der Waals surface area contributed by atoms with E-state index >= 15 is 0 Å². The average molecular weight is 399 g/mol. The van der Waals surface area contributed by atoms with Crippen LogP contribution in [-0.2, 0) is 17.6 Å². The lowest BCUT2D eigenvalue weighted by atomic mass is 10.00. The van der Waals surface area contributed by atoms with Gasteiger partial charge < -0.3 is 27.7 Å². The molecule has 2 aromatic rings. The summed E-state index contributed by atoms with van der Waals surface area (Å²) in [6.45, 7) is 4.41. The number of nitrogens with two attached hydrogens (primary N) is 4. The Bertz CT molecular complexity index is 699. The molecular weight excluding hydrogens is 360 g/mol. The number of nitrogen functional groups attached to an aromatic ring is 4. The van der Waals surface area contributed by atoms with Crippen molar-refractivity contribution in [1.82, 2.24) is 0 Å². The highest BCUT2D eigenvalue weighted by molar-refractivity contribution is 5.57. The zero-order valence-electron chi connectivity index (χ0n) is 18.0. The predicted octanol–water partition coefficient (Wildman–Crippen LogP) is 4.93. The van der Waals surface area contributed by atoms with Gasteiger partial charge in [-0.3, -0.25) is 0 Å². The van der Waals surface area contributed by atoms with Crippen LogP contribution in [0, 0.1) is 0 Å². The van der Waals surface area contributed by atoms with Crippen LogP contribution in [0.3, 0.4) is 0 Å². The van der Waals surface area contributed by atoms with Crippen LogP contribution in [0.1, 0.15) is 63.5 Å². The third-order valence-corrected chi connectivity index (χ3v) is 5.42. The molecule has 2 rings (SSSR count). The first-order valence-corrected chi connectivity index (χ1v) is 10.9. The smallest absolute Gasteiger partial charge is 0.0582 e. The highest BCUT2D eigenvalue weighted by Crippen LogP contribution is 2.24. The van der Waals surface area contributed by atoms with Crippen LogP contribution in [-0.4, -0.2) is 12.2 Å². The van der Waals surface area contributed by atoms with E-state index in [1.165, 1.54) is 0 Å². The number of benzene rings is 2. The first kappa shape index (κ1) is 22.9. The van der Waals surface area contributed by atoms with Gasteiger partial charge in [0.05, 0.1) is 12.2 Å². The molecule has 0 aliphatic carbocycles. The minimum atomic E-state index is 0.234. The number of anilines is 4. The fourth-order valence-electron chi connectivity index (χ4n) is 3.79. The lowest BCUT2D eigenvalue weighted by Gasteiger charge is -2.25. The quantitative estimate of drug-likeness (QED) is 0.378. The van der Waals surface area contributed by atoms with Gasteiger partial charge in [0.1, 0.15) is 0 Å². The van der Waals surface area contributed by atoms with Crippen LogP contribution in [0.25, 0.3) is 0 Å². The van der Waals surface area contributed by atoms with Gasteiger partial charge in [0.2, 0.25) is 0 Å². The van der Waals surface area contributed by atoms with Gasteiger partial charge in [0.25, 0.3) is 0 Å². The van der Waals surface area contributed by atoms with E-state index in [2.05, 4.69) is 13.8 Å². The standard InChI is InChI=1S/C24H38N4O/c1-3-5-21(13-9-17-7-11-19(25)15-23(17)27)29-22(6-4-2)14-10-18-8-12-20(26)16-24(18)28/h7-8,11-12,15-16,21-22H,3-6,9-10,13-14,25-28H2,1-2H3. The molecular formula is C24H38N4O. The summed E-state index contributed by atoms with van der Waals surface area (Å²) in [5.41, 5.74) is 29.1. The monoisotopic (exact) mass is 398 g/mol. The lowest BCUT2D eigenvalue weighted by molar-refractivity contribution is -0.0283. The largest absolute Gasteiger partial charge is 0.399 e. The minimum absolute atomic E-state index is 0.234. The number of aryl methyl sites for hydroxylation is 2. The highest BCUT2D eigenvalue weighted by atomic mass is 16.5. The van der Waals surface area contributed by atoms with Crippen LogP contribution < -0.4 is 22.9 Å². The molecule has 2 atom stereocenters. The molecule has 5 heteroatoms. The molecule has 0 fully saturated rings. The molecule has 0 spiro atoms. The van der Waals surface area contributed by atoms with E-state index in [0.717, 1.165) is 73.9 Å². The Morgan fingerprint density at radius 2 is 1.07 bits per heavy atom. The normalized spacial score (nSPS) is 13.3. The molecule has 0 bridgehead atoms. The summed E-state index contributed by atoms with van der Waals surface area (Å²) >= 11 is 0. The van der Waals surface area contributed by atoms with Gasteiger partial charge in [-0.1, -0.05) is 38.8 Å². The molecule has 0 radical (unpaired) electrons. The number of hydrogen-bond donors (Lipinski definition) is 4. The van der Waals surface area contributed by atoms with E-state index in [0.29, 0.717) is 11.4 Å². The van der Waals surface area contributed by atoms with E-state index in [1.54, 1.807) is 0 Å². The summed E-state index contributed by atoms with van der Waals surface area (Å²) in [6, 6.07) is 11.6. The molecule has 8 N–H and O–H groups in total. The number of rotatable bonds is 12. The maximum atomic E-state index is 6.57. The van der Waals surface area contributed by atoms with Crippen molar-refractivity contribution in [2.45, 2.75) is 77.4 Å². The highest BCUT2D eigenvalue weighted by Gasteiger charge is 2.17. The molecule has 2 unspecified atom stereocenters. The molecule has 0 aromatic heterocycles. The molecule has 5 nitrogen and oxygen atoms in total. The molecule has 0 saturated heterocycles. The van der Waals surface area contributed by atoms with Crippen LogP contribution in [0.2, 0.25) is 0 Å². The van der Waals surface area contributed by atoms with Crippen molar-refractivity contribution in [2.75, 3.05) is 22.9 Å². The van der Waals surface area contributed by atoms with Gasteiger partial charge in [-0.25, -0.2) is 0 Å². The summed E-state index contributed by atoms with van der Waals surface area (Å²) in [7, 11) is 0. The molecule has 0 amide bonds. The van der Waals surface area contributed by atoms with Gasteiger partial charge in [-0.15, -0.1) is 0 Å². The van der Waals surface area contributed by atoms with Crippen LogP contribution in [0.15, 0.2) is 36.4 Å². The second-order valence-corrected chi connectivity index (χ2v) is 7.95. The topological polar surface area (TPSA) is 113 Å². The van der Waals surface area contributed by atoms with Crippen molar-refractivity contribution >= 4 is 22.7 Å². The predicted molar refractivity (Wildman–Crippen MR) is 126 cm³/mol. The van der Waals surface area contributed by atoms with Crippen molar-refractivity contribution in [3.05, 3.63) is 47.5 Å². The van der Waals surface area contributed by atoms with Gasteiger partial charge in [-0.2, -0.15) is 0 Å². The summed E-state index contributed by atoms with van der Waals surface area (Å²) in [5.74, 6) is 0. The van der Waals surface area contributed by atoms with Crippen LogP contribution in [0.4, 0.5) is 22.7 Å².